The molecule has 86 valence electrons. The number of fused-ring (bicyclic) bond motifs is 1. The highest BCUT2D eigenvalue weighted by Crippen LogP contribution is 2.32. The quantitative estimate of drug-likeness (QED) is 0.726. The molecule has 0 bridgehead atoms. The highest BCUT2D eigenvalue weighted by Gasteiger charge is 2.11. The first-order valence-corrected chi connectivity index (χ1v) is 6.34. The number of H-pyrrole nitrogens is 1. The van der Waals surface area contributed by atoms with Crippen LogP contribution in [0.15, 0.2) is 30.5 Å². The number of aryl methyl sites for hydroxylation is 1. The Hall–Kier alpha value is -1.65. The molecule has 2 heterocycles. The van der Waals surface area contributed by atoms with Crippen LogP contribution < -0.4 is 5.73 Å². The molecule has 4 heteroatoms. The van der Waals surface area contributed by atoms with E-state index in [-0.39, 0.29) is 0 Å². The van der Waals surface area contributed by atoms with Crippen molar-refractivity contribution in [2.75, 3.05) is 0 Å². The van der Waals surface area contributed by atoms with Gasteiger partial charge in [-0.15, -0.1) is 11.3 Å². The van der Waals surface area contributed by atoms with Gasteiger partial charge in [-0.2, -0.15) is 0 Å². The standard InChI is InChI=1S/C13H13N3S/c1-8-12(6-14)17-13(16-8)10-7-15-11-5-3-2-4-9(10)11/h2-5,7,15H,6,14H2,1H3. The number of aromatic nitrogens is 2. The Kier molecular flexibility index (Phi) is 2.46. The molecule has 0 unspecified atom stereocenters. The van der Waals surface area contributed by atoms with Crippen molar-refractivity contribution in [2.45, 2.75) is 13.5 Å². The molecule has 0 spiro atoms. The van der Waals surface area contributed by atoms with Crippen LogP contribution in [0.5, 0.6) is 0 Å². The molecule has 3 aromatic rings. The first kappa shape index (κ1) is 10.5. The van der Waals surface area contributed by atoms with Gasteiger partial charge in [0.2, 0.25) is 0 Å². The van der Waals surface area contributed by atoms with E-state index in [2.05, 4.69) is 22.1 Å². The van der Waals surface area contributed by atoms with Crippen LogP contribution in [-0.2, 0) is 6.54 Å². The van der Waals surface area contributed by atoms with Crippen molar-refractivity contribution in [1.29, 1.82) is 0 Å². The molecule has 3 rings (SSSR count). The van der Waals surface area contributed by atoms with Gasteiger partial charge in [-0.25, -0.2) is 4.98 Å². The summed E-state index contributed by atoms with van der Waals surface area (Å²) in [5, 5.41) is 2.25. The Morgan fingerprint density at radius 3 is 2.94 bits per heavy atom. The minimum atomic E-state index is 0.561. The number of nitrogens with one attached hydrogen (secondary N) is 1. The van der Waals surface area contributed by atoms with E-state index in [1.165, 1.54) is 5.39 Å². The molecule has 3 nitrogen and oxygen atoms in total. The van der Waals surface area contributed by atoms with Crippen LogP contribution in [0.3, 0.4) is 0 Å². The predicted molar refractivity (Wildman–Crippen MR) is 72.0 cm³/mol. The molecule has 0 aliphatic heterocycles. The lowest BCUT2D eigenvalue weighted by Crippen LogP contribution is -1.94. The van der Waals surface area contributed by atoms with Gasteiger partial charge in [-0.05, 0) is 13.0 Å². The molecular formula is C13H13N3S. The van der Waals surface area contributed by atoms with Crippen molar-refractivity contribution in [2.24, 2.45) is 5.73 Å². The maximum atomic E-state index is 5.69. The zero-order chi connectivity index (χ0) is 11.8. The molecule has 0 aliphatic carbocycles. The number of hydrogen-bond donors (Lipinski definition) is 2. The summed E-state index contributed by atoms with van der Waals surface area (Å²) in [4.78, 5) is 9.02. The number of rotatable bonds is 2. The molecule has 2 aromatic heterocycles. The summed E-state index contributed by atoms with van der Waals surface area (Å²) in [6, 6.07) is 8.26. The van der Waals surface area contributed by atoms with Crippen molar-refractivity contribution in [1.82, 2.24) is 9.97 Å². The van der Waals surface area contributed by atoms with Gasteiger partial charge in [0.05, 0.1) is 5.69 Å². The maximum Gasteiger partial charge on any atom is 0.126 e. The third-order valence-electron chi connectivity index (χ3n) is 2.90. The Morgan fingerprint density at radius 1 is 1.35 bits per heavy atom. The topological polar surface area (TPSA) is 54.7 Å². The lowest BCUT2D eigenvalue weighted by atomic mass is 10.2. The van der Waals surface area contributed by atoms with E-state index in [0.29, 0.717) is 6.54 Å². The van der Waals surface area contributed by atoms with Crippen molar-refractivity contribution in [3.63, 3.8) is 0 Å². The van der Waals surface area contributed by atoms with Crippen molar-refractivity contribution in [3.8, 4) is 10.6 Å². The molecule has 0 saturated heterocycles. The average Bonchev–Trinajstić information content (AvgIpc) is 2.92. The van der Waals surface area contributed by atoms with E-state index >= 15 is 0 Å². The Bertz CT molecular complexity index is 666. The van der Waals surface area contributed by atoms with Gasteiger partial charge < -0.3 is 10.7 Å². The fourth-order valence-corrected chi connectivity index (χ4v) is 2.95. The van der Waals surface area contributed by atoms with Crippen molar-refractivity contribution in [3.05, 3.63) is 41.0 Å². The number of para-hydroxylation sites is 1. The van der Waals surface area contributed by atoms with E-state index in [9.17, 15) is 0 Å². The van der Waals surface area contributed by atoms with E-state index in [1.807, 2.05) is 25.3 Å². The number of hydrogen-bond acceptors (Lipinski definition) is 3. The average molecular weight is 243 g/mol. The Morgan fingerprint density at radius 2 is 2.18 bits per heavy atom. The molecule has 0 saturated carbocycles. The highest BCUT2D eigenvalue weighted by atomic mass is 32.1. The maximum absolute atomic E-state index is 5.69. The molecule has 0 aliphatic rings. The predicted octanol–water partition coefficient (Wildman–Crippen LogP) is 3.06. The second-order valence-corrected chi connectivity index (χ2v) is 5.06. The zero-order valence-corrected chi connectivity index (χ0v) is 10.3. The molecule has 0 fully saturated rings. The van der Waals surface area contributed by atoms with Gasteiger partial charge >= 0.3 is 0 Å². The van der Waals surface area contributed by atoms with Crippen LogP contribution in [-0.4, -0.2) is 9.97 Å². The SMILES string of the molecule is Cc1nc(-c2c[nH]c3ccccc23)sc1CN. The number of benzene rings is 1. The number of nitrogens with zero attached hydrogens (tertiary/aromatic N) is 1. The normalized spacial score (nSPS) is 11.2. The van der Waals surface area contributed by atoms with E-state index in [4.69, 9.17) is 5.73 Å². The summed E-state index contributed by atoms with van der Waals surface area (Å²) in [5.74, 6) is 0. The summed E-state index contributed by atoms with van der Waals surface area (Å²) in [7, 11) is 0. The largest absolute Gasteiger partial charge is 0.360 e. The summed E-state index contributed by atoms with van der Waals surface area (Å²) in [6.45, 7) is 2.57. The molecule has 0 radical (unpaired) electrons. The lowest BCUT2D eigenvalue weighted by molar-refractivity contribution is 1.06. The van der Waals surface area contributed by atoms with Crippen molar-refractivity contribution < 1.29 is 0 Å². The molecule has 3 N–H and O–H groups in total. The second-order valence-electron chi connectivity index (χ2n) is 3.98. The molecule has 0 amide bonds. The monoisotopic (exact) mass is 243 g/mol. The Balaban J connectivity index is 2.20. The lowest BCUT2D eigenvalue weighted by Gasteiger charge is -1.92. The third kappa shape index (κ3) is 1.66. The van der Waals surface area contributed by atoms with E-state index in [1.54, 1.807) is 11.3 Å². The zero-order valence-electron chi connectivity index (χ0n) is 9.53. The third-order valence-corrected chi connectivity index (χ3v) is 4.11. The summed E-state index contributed by atoms with van der Waals surface area (Å²) in [6.07, 6.45) is 2.02. The Labute approximate surface area is 103 Å². The molecular weight excluding hydrogens is 230 g/mol. The van der Waals surface area contributed by atoms with Crippen LogP contribution >= 0.6 is 11.3 Å². The minimum Gasteiger partial charge on any atom is -0.360 e. The second kappa shape index (κ2) is 3.98. The minimum absolute atomic E-state index is 0.561. The first-order valence-electron chi connectivity index (χ1n) is 5.52. The number of aromatic amines is 1. The molecule has 1 aromatic carbocycles. The summed E-state index contributed by atoms with van der Waals surface area (Å²) >= 11 is 1.68. The highest BCUT2D eigenvalue weighted by molar-refractivity contribution is 7.15. The van der Waals surface area contributed by atoms with Crippen LogP contribution in [0.25, 0.3) is 21.5 Å². The van der Waals surface area contributed by atoms with E-state index in [0.717, 1.165) is 26.7 Å². The first-order chi connectivity index (χ1) is 8.29. The molecule has 17 heavy (non-hydrogen) atoms. The van der Waals surface area contributed by atoms with Gasteiger partial charge in [-0.1, -0.05) is 18.2 Å². The fraction of sp³-hybridized carbons (Fsp3) is 0.154. The van der Waals surface area contributed by atoms with Gasteiger partial charge in [-0.3, -0.25) is 0 Å². The van der Waals surface area contributed by atoms with Gasteiger partial charge in [0, 0.05) is 34.1 Å². The number of thiazole rings is 1. The van der Waals surface area contributed by atoms with Gasteiger partial charge in [0.1, 0.15) is 5.01 Å². The summed E-state index contributed by atoms with van der Waals surface area (Å²) < 4.78 is 0. The fourth-order valence-electron chi connectivity index (χ4n) is 1.98. The molecule has 0 atom stereocenters. The van der Waals surface area contributed by atoms with Crippen LogP contribution in [0.4, 0.5) is 0 Å². The van der Waals surface area contributed by atoms with Gasteiger partial charge in [0.25, 0.3) is 0 Å². The smallest absolute Gasteiger partial charge is 0.126 e. The van der Waals surface area contributed by atoms with Crippen molar-refractivity contribution >= 4 is 22.2 Å². The van der Waals surface area contributed by atoms with Crippen LogP contribution in [0.1, 0.15) is 10.6 Å². The summed E-state index contributed by atoms with van der Waals surface area (Å²) in [5.41, 5.74) is 9.04. The number of nitrogens with two attached hydrogens (primary N) is 1. The van der Waals surface area contributed by atoms with Gasteiger partial charge in [0.15, 0.2) is 0 Å². The van der Waals surface area contributed by atoms with Crippen LogP contribution in [0.2, 0.25) is 0 Å². The van der Waals surface area contributed by atoms with Crippen LogP contribution in [0, 0.1) is 6.92 Å². The van der Waals surface area contributed by atoms with E-state index < -0.39 is 0 Å².